The van der Waals surface area contributed by atoms with Crippen molar-refractivity contribution in [3.05, 3.63) is 29.3 Å². The van der Waals surface area contributed by atoms with Crippen LogP contribution in [0.2, 0.25) is 0 Å². The Morgan fingerprint density at radius 3 is 2.84 bits per heavy atom. The molecule has 0 radical (unpaired) electrons. The van der Waals surface area contributed by atoms with Gasteiger partial charge in [-0.1, -0.05) is 22.0 Å². The van der Waals surface area contributed by atoms with E-state index in [1.54, 1.807) is 0 Å². The van der Waals surface area contributed by atoms with E-state index in [2.05, 4.69) is 22.0 Å². The molecule has 102 valence electrons. The molecule has 0 saturated carbocycles. The number of hydrogen-bond donors (Lipinski definition) is 0. The first kappa shape index (κ1) is 14.4. The van der Waals surface area contributed by atoms with Gasteiger partial charge in [-0.15, -0.1) is 0 Å². The predicted molar refractivity (Wildman–Crippen MR) is 79.2 cm³/mol. The molecule has 0 aromatic heterocycles. The largest absolute Gasteiger partial charge is 0.366 e. The number of anilines is 1. The molecular weight excluding hydrogens is 328 g/mol. The summed E-state index contributed by atoms with van der Waals surface area (Å²) in [5.74, 6) is 0.306. The standard InChI is InChI=1S/C13H15BrN2O2S/c1-10-9-19(17,18)5-4-16(10)13-3-2-11(7-14)6-12(13)8-15/h2-3,6,10H,4-5,7,9H2,1H3. The van der Waals surface area contributed by atoms with Crippen LogP contribution in [-0.4, -0.2) is 32.5 Å². The van der Waals surface area contributed by atoms with E-state index >= 15 is 0 Å². The number of sulfone groups is 1. The smallest absolute Gasteiger partial charge is 0.154 e. The fourth-order valence-electron chi connectivity index (χ4n) is 2.36. The third-order valence-corrected chi connectivity index (χ3v) is 5.76. The lowest BCUT2D eigenvalue weighted by Crippen LogP contribution is -2.47. The lowest BCUT2D eigenvalue weighted by atomic mass is 10.1. The van der Waals surface area contributed by atoms with Crippen LogP contribution in [0.3, 0.4) is 0 Å². The normalized spacial score (nSPS) is 21.9. The van der Waals surface area contributed by atoms with Gasteiger partial charge >= 0.3 is 0 Å². The minimum Gasteiger partial charge on any atom is -0.366 e. The molecule has 2 rings (SSSR count). The van der Waals surface area contributed by atoms with E-state index in [0.29, 0.717) is 17.4 Å². The van der Waals surface area contributed by atoms with E-state index in [1.165, 1.54) is 0 Å². The summed E-state index contributed by atoms with van der Waals surface area (Å²) in [5, 5.41) is 9.95. The van der Waals surface area contributed by atoms with Crippen molar-refractivity contribution in [3.63, 3.8) is 0 Å². The van der Waals surface area contributed by atoms with Crippen LogP contribution in [0, 0.1) is 11.3 Å². The number of halogens is 1. The van der Waals surface area contributed by atoms with Crippen molar-refractivity contribution in [1.29, 1.82) is 5.26 Å². The Labute approximate surface area is 122 Å². The molecule has 0 N–H and O–H groups in total. The highest BCUT2D eigenvalue weighted by atomic mass is 79.9. The molecule has 0 spiro atoms. The molecule has 1 aliphatic heterocycles. The monoisotopic (exact) mass is 342 g/mol. The molecule has 1 aliphatic rings. The molecule has 1 unspecified atom stereocenters. The minimum atomic E-state index is -2.94. The molecule has 1 fully saturated rings. The van der Waals surface area contributed by atoms with E-state index in [4.69, 9.17) is 0 Å². The highest BCUT2D eigenvalue weighted by molar-refractivity contribution is 9.08. The molecule has 1 heterocycles. The molecule has 0 amide bonds. The quantitative estimate of drug-likeness (QED) is 0.772. The third kappa shape index (κ3) is 3.10. The van der Waals surface area contributed by atoms with Gasteiger partial charge in [0.05, 0.1) is 22.8 Å². The van der Waals surface area contributed by atoms with Gasteiger partial charge < -0.3 is 4.90 Å². The average molecular weight is 343 g/mol. The van der Waals surface area contributed by atoms with Crippen molar-refractivity contribution in [2.24, 2.45) is 0 Å². The van der Waals surface area contributed by atoms with Gasteiger partial charge in [-0.05, 0) is 24.6 Å². The second-order valence-electron chi connectivity index (χ2n) is 4.75. The first-order valence-corrected chi connectivity index (χ1v) is 8.97. The Balaban J connectivity index is 2.35. The zero-order valence-electron chi connectivity index (χ0n) is 10.6. The first-order valence-electron chi connectivity index (χ1n) is 6.03. The highest BCUT2D eigenvalue weighted by Gasteiger charge is 2.29. The van der Waals surface area contributed by atoms with E-state index in [9.17, 15) is 13.7 Å². The highest BCUT2D eigenvalue weighted by Crippen LogP contribution is 2.26. The van der Waals surface area contributed by atoms with Crippen LogP contribution in [0.5, 0.6) is 0 Å². The second kappa shape index (κ2) is 5.51. The molecule has 1 aromatic carbocycles. The van der Waals surface area contributed by atoms with Gasteiger partial charge in [-0.25, -0.2) is 8.42 Å². The molecule has 1 saturated heterocycles. The first-order chi connectivity index (χ1) is 8.96. The maximum absolute atomic E-state index is 11.6. The molecule has 0 bridgehead atoms. The predicted octanol–water partition coefficient (Wildman–Crippen LogP) is 2.08. The number of rotatable bonds is 2. The molecule has 4 nitrogen and oxygen atoms in total. The summed E-state index contributed by atoms with van der Waals surface area (Å²) in [5.41, 5.74) is 2.47. The van der Waals surface area contributed by atoms with E-state index in [1.807, 2.05) is 30.0 Å². The zero-order chi connectivity index (χ0) is 14.0. The maximum atomic E-state index is 11.6. The van der Waals surface area contributed by atoms with E-state index in [0.717, 1.165) is 11.3 Å². The molecule has 1 aromatic rings. The average Bonchev–Trinajstić information content (AvgIpc) is 2.37. The lowest BCUT2D eigenvalue weighted by molar-refractivity contribution is 0.568. The van der Waals surface area contributed by atoms with Crippen molar-refractivity contribution in [1.82, 2.24) is 0 Å². The van der Waals surface area contributed by atoms with Gasteiger partial charge in [-0.2, -0.15) is 5.26 Å². The summed E-state index contributed by atoms with van der Waals surface area (Å²) >= 11 is 3.37. The van der Waals surface area contributed by atoms with Crippen molar-refractivity contribution in [2.75, 3.05) is 23.0 Å². The molecule has 19 heavy (non-hydrogen) atoms. The summed E-state index contributed by atoms with van der Waals surface area (Å²) in [4.78, 5) is 2.01. The van der Waals surface area contributed by atoms with Gasteiger partial charge in [0.15, 0.2) is 9.84 Å². The van der Waals surface area contributed by atoms with Crippen LogP contribution in [0.15, 0.2) is 18.2 Å². The van der Waals surface area contributed by atoms with Gasteiger partial charge in [0.1, 0.15) is 6.07 Å². The summed E-state index contributed by atoms with van der Waals surface area (Å²) < 4.78 is 23.2. The Hall–Kier alpha value is -1.06. The summed E-state index contributed by atoms with van der Waals surface area (Å²) in [7, 11) is -2.94. The number of nitrogens with zero attached hydrogens (tertiary/aromatic N) is 2. The topological polar surface area (TPSA) is 61.2 Å². The summed E-state index contributed by atoms with van der Waals surface area (Å²) in [6.45, 7) is 2.34. The summed E-state index contributed by atoms with van der Waals surface area (Å²) in [6.07, 6.45) is 0. The lowest BCUT2D eigenvalue weighted by Gasteiger charge is -2.35. The van der Waals surface area contributed by atoms with Crippen molar-refractivity contribution < 1.29 is 8.42 Å². The van der Waals surface area contributed by atoms with Crippen LogP contribution in [-0.2, 0) is 15.2 Å². The van der Waals surface area contributed by atoms with E-state index < -0.39 is 9.84 Å². The number of benzene rings is 1. The minimum absolute atomic E-state index is 0.0966. The summed E-state index contributed by atoms with van der Waals surface area (Å²) in [6, 6.07) is 7.81. The van der Waals surface area contributed by atoms with Crippen molar-refractivity contribution in [3.8, 4) is 6.07 Å². The Kier molecular flexibility index (Phi) is 4.16. The zero-order valence-corrected chi connectivity index (χ0v) is 13.0. The Morgan fingerprint density at radius 2 is 2.26 bits per heavy atom. The van der Waals surface area contributed by atoms with Crippen LogP contribution in [0.4, 0.5) is 5.69 Å². The Morgan fingerprint density at radius 1 is 1.53 bits per heavy atom. The van der Waals surface area contributed by atoms with Gasteiger partial charge in [0.2, 0.25) is 0 Å². The molecular formula is C13H15BrN2O2S. The van der Waals surface area contributed by atoms with Crippen molar-refractivity contribution in [2.45, 2.75) is 18.3 Å². The van der Waals surface area contributed by atoms with Gasteiger partial charge in [0, 0.05) is 17.9 Å². The SMILES string of the molecule is CC1CS(=O)(=O)CCN1c1ccc(CBr)cc1C#N. The third-order valence-electron chi connectivity index (χ3n) is 3.32. The maximum Gasteiger partial charge on any atom is 0.154 e. The van der Waals surface area contributed by atoms with Crippen LogP contribution >= 0.6 is 15.9 Å². The fourth-order valence-corrected chi connectivity index (χ4v) is 4.27. The van der Waals surface area contributed by atoms with Crippen LogP contribution in [0.1, 0.15) is 18.1 Å². The van der Waals surface area contributed by atoms with Crippen molar-refractivity contribution >= 4 is 31.5 Å². The van der Waals surface area contributed by atoms with Crippen LogP contribution < -0.4 is 4.90 Å². The molecule has 0 aliphatic carbocycles. The second-order valence-corrected chi connectivity index (χ2v) is 7.54. The van der Waals surface area contributed by atoms with E-state index in [-0.39, 0.29) is 17.5 Å². The number of hydrogen-bond acceptors (Lipinski definition) is 4. The van der Waals surface area contributed by atoms with Gasteiger partial charge in [-0.3, -0.25) is 0 Å². The number of alkyl halides is 1. The fraction of sp³-hybridized carbons (Fsp3) is 0.462. The number of nitriles is 1. The van der Waals surface area contributed by atoms with Gasteiger partial charge in [0.25, 0.3) is 0 Å². The van der Waals surface area contributed by atoms with Crippen LogP contribution in [0.25, 0.3) is 0 Å². The molecule has 1 atom stereocenters. The Bertz CT molecular complexity index is 622. The molecule has 6 heteroatoms.